The fourth-order valence-electron chi connectivity index (χ4n) is 2.01. The van der Waals surface area contributed by atoms with E-state index in [4.69, 9.17) is 14.2 Å². The average molecular weight is 483 g/mol. The molecule has 0 radical (unpaired) electrons. The molecule has 0 saturated carbocycles. The first kappa shape index (κ1) is 36.2. The molecule has 0 spiro atoms. The van der Waals surface area contributed by atoms with Crippen molar-refractivity contribution in [2.75, 3.05) is 19.8 Å². The van der Waals surface area contributed by atoms with Crippen molar-refractivity contribution >= 4 is 17.9 Å². The zero-order chi connectivity index (χ0) is 27.1. The third-order valence-electron chi connectivity index (χ3n) is 4.32. The lowest BCUT2D eigenvalue weighted by atomic mass is 10.0. The molecule has 1 unspecified atom stereocenters. The number of hydrogen-bond donors (Lipinski definition) is 0. The highest BCUT2D eigenvalue weighted by atomic mass is 16.5. The summed E-state index contributed by atoms with van der Waals surface area (Å²) < 4.78 is 14.7. The molecule has 0 rings (SSSR count). The monoisotopic (exact) mass is 482 g/mol. The minimum atomic E-state index is -0.297. The molecule has 6 nitrogen and oxygen atoms in total. The van der Waals surface area contributed by atoms with Crippen LogP contribution in [-0.4, -0.2) is 37.7 Å². The van der Waals surface area contributed by atoms with Gasteiger partial charge in [-0.1, -0.05) is 80.0 Å². The molecule has 0 amide bonds. The first-order valence-corrected chi connectivity index (χ1v) is 12.3. The molecule has 0 heterocycles. The molecule has 0 N–H and O–H groups in total. The molecule has 0 aliphatic rings. The zero-order valence-corrected chi connectivity index (χ0v) is 23.1. The van der Waals surface area contributed by atoms with E-state index in [1.54, 1.807) is 20.8 Å². The van der Waals surface area contributed by atoms with Crippen LogP contribution in [0.5, 0.6) is 0 Å². The fraction of sp³-hybridized carbons (Fsp3) is 0.679. The standard InChI is InChI=1S/C12H22O2.2C8H14O2/c1-5-7-8-11(6-2)9-14-12(13)10(3)4;1-6(2)5-10-8(9)7(3)4;1-4-5-6-10-8(9)7(2)3/h11H,3,5-9H2,1-2,4H3;6H,3,5H2,1-2,4H3;2,4-6H2,1,3H3. The van der Waals surface area contributed by atoms with Crippen LogP contribution >= 0.6 is 0 Å². The molecule has 0 bridgehead atoms. The fourth-order valence-corrected chi connectivity index (χ4v) is 2.01. The number of carbonyl (C=O) groups is 3. The van der Waals surface area contributed by atoms with Gasteiger partial charge in [0.2, 0.25) is 0 Å². The van der Waals surface area contributed by atoms with Crippen LogP contribution in [0.15, 0.2) is 36.5 Å². The molecule has 0 saturated heterocycles. The Labute approximate surface area is 208 Å². The van der Waals surface area contributed by atoms with E-state index in [1.165, 1.54) is 12.8 Å². The van der Waals surface area contributed by atoms with Crippen molar-refractivity contribution in [1.29, 1.82) is 0 Å². The van der Waals surface area contributed by atoms with Gasteiger partial charge in [-0.25, -0.2) is 14.4 Å². The van der Waals surface area contributed by atoms with Gasteiger partial charge in [0.1, 0.15) is 0 Å². The van der Waals surface area contributed by atoms with Crippen molar-refractivity contribution in [3.8, 4) is 0 Å². The Kier molecular flexibility index (Phi) is 25.3. The summed E-state index contributed by atoms with van der Waals surface area (Å²) in [6.07, 6.45) is 6.61. The van der Waals surface area contributed by atoms with E-state index in [9.17, 15) is 14.4 Å². The first-order valence-electron chi connectivity index (χ1n) is 12.3. The van der Waals surface area contributed by atoms with Gasteiger partial charge < -0.3 is 14.2 Å². The van der Waals surface area contributed by atoms with Gasteiger partial charge in [0, 0.05) is 16.7 Å². The minimum absolute atomic E-state index is 0.264. The Bertz CT molecular complexity index is 618. The van der Waals surface area contributed by atoms with E-state index in [1.807, 2.05) is 13.8 Å². The predicted octanol–water partition coefficient (Wildman–Crippen LogP) is 6.99. The maximum Gasteiger partial charge on any atom is 0.333 e. The Morgan fingerprint density at radius 2 is 1.09 bits per heavy atom. The number of esters is 3. The molecular formula is C28H50O6. The summed E-state index contributed by atoms with van der Waals surface area (Å²) in [6, 6.07) is 0. The van der Waals surface area contributed by atoms with Gasteiger partial charge in [0.15, 0.2) is 0 Å². The number of ether oxygens (including phenoxy) is 3. The Hall–Kier alpha value is -2.37. The number of carbonyl (C=O) groups excluding carboxylic acids is 3. The molecule has 34 heavy (non-hydrogen) atoms. The Morgan fingerprint density at radius 1 is 0.676 bits per heavy atom. The summed E-state index contributed by atoms with van der Waals surface area (Å²) in [4.78, 5) is 32.5. The molecule has 0 aliphatic heterocycles. The van der Waals surface area contributed by atoms with Gasteiger partial charge in [-0.2, -0.15) is 0 Å². The summed E-state index contributed by atoms with van der Waals surface area (Å²) in [5.74, 6) is 0.0589. The quantitative estimate of drug-likeness (QED) is 0.115. The van der Waals surface area contributed by atoms with E-state index in [2.05, 4.69) is 40.5 Å². The van der Waals surface area contributed by atoms with Crippen molar-refractivity contribution in [2.45, 2.75) is 93.9 Å². The lowest BCUT2D eigenvalue weighted by molar-refractivity contribution is -0.141. The molecule has 6 heteroatoms. The predicted molar refractivity (Wildman–Crippen MR) is 140 cm³/mol. The van der Waals surface area contributed by atoms with Gasteiger partial charge in [-0.15, -0.1) is 0 Å². The third kappa shape index (κ3) is 25.9. The second-order valence-electron chi connectivity index (χ2n) is 8.84. The minimum Gasteiger partial charge on any atom is -0.462 e. The second kappa shape index (κ2) is 23.8. The molecule has 0 aromatic rings. The van der Waals surface area contributed by atoms with Crippen molar-refractivity contribution in [1.82, 2.24) is 0 Å². The molecule has 0 aromatic carbocycles. The number of hydrogen-bond acceptors (Lipinski definition) is 6. The van der Waals surface area contributed by atoms with Gasteiger partial charge in [-0.3, -0.25) is 0 Å². The Balaban J connectivity index is -0.000000434. The molecule has 0 fully saturated rings. The molecule has 0 aromatic heterocycles. The summed E-state index contributed by atoms with van der Waals surface area (Å²) in [6.45, 7) is 27.3. The van der Waals surface area contributed by atoms with E-state index in [-0.39, 0.29) is 17.9 Å². The van der Waals surface area contributed by atoms with E-state index < -0.39 is 0 Å². The van der Waals surface area contributed by atoms with Gasteiger partial charge in [0.05, 0.1) is 19.8 Å². The lowest BCUT2D eigenvalue weighted by Gasteiger charge is -2.14. The van der Waals surface area contributed by atoms with Gasteiger partial charge in [-0.05, 0) is 45.4 Å². The Morgan fingerprint density at radius 3 is 1.44 bits per heavy atom. The highest BCUT2D eigenvalue weighted by molar-refractivity contribution is 5.87. The van der Waals surface area contributed by atoms with Crippen molar-refractivity contribution in [3.63, 3.8) is 0 Å². The first-order chi connectivity index (χ1) is 15.8. The molecule has 0 aliphatic carbocycles. The van der Waals surface area contributed by atoms with Crippen LogP contribution in [0.3, 0.4) is 0 Å². The zero-order valence-electron chi connectivity index (χ0n) is 23.1. The van der Waals surface area contributed by atoms with Crippen LogP contribution in [0, 0.1) is 11.8 Å². The van der Waals surface area contributed by atoms with Crippen molar-refractivity contribution in [2.24, 2.45) is 11.8 Å². The van der Waals surface area contributed by atoms with Gasteiger partial charge >= 0.3 is 17.9 Å². The van der Waals surface area contributed by atoms with E-state index >= 15 is 0 Å². The summed E-state index contributed by atoms with van der Waals surface area (Å²) in [5.41, 5.74) is 1.41. The van der Waals surface area contributed by atoms with Crippen LogP contribution in [0.4, 0.5) is 0 Å². The third-order valence-corrected chi connectivity index (χ3v) is 4.32. The molecule has 1 atom stereocenters. The summed E-state index contributed by atoms with van der Waals surface area (Å²) in [5, 5.41) is 0. The second-order valence-corrected chi connectivity index (χ2v) is 8.84. The van der Waals surface area contributed by atoms with Crippen molar-refractivity contribution < 1.29 is 28.6 Å². The van der Waals surface area contributed by atoms with Crippen LogP contribution in [0.1, 0.15) is 93.9 Å². The maximum absolute atomic E-state index is 11.1. The maximum atomic E-state index is 11.1. The van der Waals surface area contributed by atoms with E-state index in [0.717, 1.165) is 25.7 Å². The lowest BCUT2D eigenvalue weighted by Crippen LogP contribution is -2.14. The molecular weight excluding hydrogens is 432 g/mol. The number of unbranched alkanes of at least 4 members (excludes halogenated alkanes) is 2. The number of rotatable bonds is 14. The normalized spacial score (nSPS) is 10.5. The highest BCUT2D eigenvalue weighted by Gasteiger charge is 2.10. The van der Waals surface area contributed by atoms with Crippen molar-refractivity contribution in [3.05, 3.63) is 36.5 Å². The van der Waals surface area contributed by atoms with Crippen LogP contribution in [-0.2, 0) is 28.6 Å². The summed E-state index contributed by atoms with van der Waals surface area (Å²) in [7, 11) is 0. The van der Waals surface area contributed by atoms with Gasteiger partial charge in [0.25, 0.3) is 0 Å². The topological polar surface area (TPSA) is 78.9 Å². The van der Waals surface area contributed by atoms with Crippen LogP contribution < -0.4 is 0 Å². The highest BCUT2D eigenvalue weighted by Crippen LogP contribution is 2.13. The summed E-state index contributed by atoms with van der Waals surface area (Å²) >= 11 is 0. The largest absolute Gasteiger partial charge is 0.462 e. The van der Waals surface area contributed by atoms with Crippen LogP contribution in [0.2, 0.25) is 0 Å². The SMILES string of the molecule is C=C(C)C(=O)OCC(C)C.C=C(C)C(=O)OCC(CC)CCCC.C=C(C)C(=O)OCCCC. The molecule has 198 valence electrons. The smallest absolute Gasteiger partial charge is 0.333 e. The van der Waals surface area contributed by atoms with E-state index in [0.29, 0.717) is 48.4 Å². The average Bonchev–Trinajstić information content (AvgIpc) is 2.78. The van der Waals surface area contributed by atoms with Crippen LogP contribution in [0.25, 0.3) is 0 Å².